The number of hydrogen-bond acceptors (Lipinski definition) is 5. The first-order chi connectivity index (χ1) is 14.5. The van der Waals surface area contributed by atoms with E-state index in [-0.39, 0.29) is 11.7 Å². The summed E-state index contributed by atoms with van der Waals surface area (Å²) >= 11 is 0. The van der Waals surface area contributed by atoms with Gasteiger partial charge in [-0.2, -0.15) is 0 Å². The first-order valence-electron chi connectivity index (χ1n) is 9.83. The van der Waals surface area contributed by atoms with Gasteiger partial charge in [0, 0.05) is 43.6 Å². The number of anilines is 1. The number of hydrogen-bond donors (Lipinski definition) is 0. The van der Waals surface area contributed by atoms with Gasteiger partial charge in [0.25, 0.3) is 5.91 Å². The minimum Gasteiger partial charge on any atom is -0.497 e. The monoisotopic (exact) mass is 406 g/mol. The number of benzene rings is 2. The number of aryl methyl sites for hydroxylation is 1. The van der Waals surface area contributed by atoms with Crippen LogP contribution in [0.2, 0.25) is 0 Å². The first kappa shape index (κ1) is 19.8. The highest BCUT2D eigenvalue weighted by Crippen LogP contribution is 2.22. The van der Waals surface area contributed by atoms with E-state index in [2.05, 4.69) is 14.9 Å². The molecule has 0 spiro atoms. The molecule has 4 rings (SSSR count). The molecular weight excluding hydrogens is 383 g/mol. The van der Waals surface area contributed by atoms with Crippen LogP contribution in [0, 0.1) is 12.7 Å². The number of nitrogens with zero attached hydrogens (tertiary/aromatic N) is 4. The Labute approximate surface area is 174 Å². The van der Waals surface area contributed by atoms with Crippen LogP contribution in [0.1, 0.15) is 16.1 Å². The Morgan fingerprint density at radius 3 is 2.27 bits per heavy atom. The lowest BCUT2D eigenvalue weighted by atomic mass is 10.1. The van der Waals surface area contributed by atoms with Crippen LogP contribution in [0.5, 0.6) is 5.75 Å². The van der Waals surface area contributed by atoms with Crippen molar-refractivity contribution < 1.29 is 13.9 Å². The van der Waals surface area contributed by atoms with E-state index in [9.17, 15) is 9.18 Å². The highest BCUT2D eigenvalue weighted by Gasteiger charge is 2.24. The van der Waals surface area contributed by atoms with E-state index in [1.165, 1.54) is 12.1 Å². The second-order valence-electron chi connectivity index (χ2n) is 7.18. The molecule has 1 amide bonds. The molecule has 7 heteroatoms. The van der Waals surface area contributed by atoms with Gasteiger partial charge in [0.1, 0.15) is 11.6 Å². The van der Waals surface area contributed by atoms with Crippen molar-refractivity contribution >= 4 is 11.6 Å². The Balaban J connectivity index is 1.43. The molecule has 0 atom stereocenters. The maximum atomic E-state index is 13.1. The zero-order valence-electron chi connectivity index (χ0n) is 17.0. The quantitative estimate of drug-likeness (QED) is 0.663. The number of methoxy groups -OCH3 is 1. The van der Waals surface area contributed by atoms with E-state index in [4.69, 9.17) is 4.74 Å². The van der Waals surface area contributed by atoms with Gasteiger partial charge in [-0.15, -0.1) is 0 Å². The molecule has 0 bridgehead atoms. The fraction of sp³-hybridized carbons (Fsp3) is 0.261. The molecule has 154 valence electrons. The van der Waals surface area contributed by atoms with Crippen molar-refractivity contribution in [2.75, 3.05) is 38.2 Å². The van der Waals surface area contributed by atoms with E-state index in [1.54, 1.807) is 32.4 Å². The van der Waals surface area contributed by atoms with Crippen LogP contribution in [-0.4, -0.2) is 54.1 Å². The summed E-state index contributed by atoms with van der Waals surface area (Å²) in [6.07, 6.45) is 1.57. The highest BCUT2D eigenvalue weighted by molar-refractivity contribution is 5.95. The van der Waals surface area contributed by atoms with Crippen LogP contribution < -0.4 is 9.64 Å². The number of ether oxygens (including phenoxy) is 1. The van der Waals surface area contributed by atoms with Gasteiger partial charge in [-0.25, -0.2) is 14.4 Å². The van der Waals surface area contributed by atoms with Crippen molar-refractivity contribution in [2.45, 2.75) is 6.92 Å². The molecule has 1 saturated heterocycles. The maximum Gasteiger partial charge on any atom is 0.257 e. The summed E-state index contributed by atoms with van der Waals surface area (Å²) in [5, 5.41) is 0. The van der Waals surface area contributed by atoms with Gasteiger partial charge in [-0.05, 0) is 55.5 Å². The molecule has 1 aliphatic heterocycles. The van der Waals surface area contributed by atoms with Gasteiger partial charge in [-0.1, -0.05) is 0 Å². The number of piperazine rings is 1. The fourth-order valence-corrected chi connectivity index (χ4v) is 3.55. The van der Waals surface area contributed by atoms with Crippen LogP contribution in [0.3, 0.4) is 0 Å². The predicted molar refractivity (Wildman–Crippen MR) is 113 cm³/mol. The summed E-state index contributed by atoms with van der Waals surface area (Å²) in [6.45, 7) is 4.57. The number of carbonyl (C=O) groups excluding carboxylic acids is 1. The van der Waals surface area contributed by atoms with E-state index in [1.807, 2.05) is 29.2 Å². The smallest absolute Gasteiger partial charge is 0.257 e. The summed E-state index contributed by atoms with van der Waals surface area (Å²) in [5.41, 5.74) is 2.95. The molecule has 2 aromatic carbocycles. The van der Waals surface area contributed by atoms with Gasteiger partial charge in [0.2, 0.25) is 0 Å². The SMILES string of the molecule is COc1ccc(N2CCN(C(=O)c3cnc(-c4ccc(F)cc4)nc3C)CC2)cc1. The molecule has 0 saturated carbocycles. The largest absolute Gasteiger partial charge is 0.497 e. The van der Waals surface area contributed by atoms with Crippen LogP contribution >= 0.6 is 0 Å². The van der Waals surface area contributed by atoms with Crippen LogP contribution in [0.4, 0.5) is 10.1 Å². The molecule has 1 aromatic heterocycles. The third-order valence-corrected chi connectivity index (χ3v) is 5.32. The van der Waals surface area contributed by atoms with Crippen LogP contribution in [0.15, 0.2) is 54.7 Å². The van der Waals surface area contributed by atoms with Crippen molar-refractivity contribution in [3.05, 3.63) is 71.8 Å². The molecular formula is C23H23FN4O2. The number of aromatic nitrogens is 2. The van der Waals surface area contributed by atoms with Crippen molar-refractivity contribution in [3.63, 3.8) is 0 Å². The molecule has 0 radical (unpaired) electrons. The predicted octanol–water partition coefficient (Wildman–Crippen LogP) is 3.56. The van der Waals surface area contributed by atoms with Crippen molar-refractivity contribution in [2.24, 2.45) is 0 Å². The van der Waals surface area contributed by atoms with E-state index >= 15 is 0 Å². The van der Waals surface area contributed by atoms with E-state index in [0.29, 0.717) is 35.7 Å². The number of halogens is 1. The third-order valence-electron chi connectivity index (χ3n) is 5.32. The first-order valence-corrected chi connectivity index (χ1v) is 9.83. The normalized spacial score (nSPS) is 14.0. The molecule has 2 heterocycles. The molecule has 30 heavy (non-hydrogen) atoms. The maximum absolute atomic E-state index is 13.1. The van der Waals surface area contributed by atoms with Crippen LogP contribution in [-0.2, 0) is 0 Å². The van der Waals surface area contributed by atoms with Crippen molar-refractivity contribution in [1.29, 1.82) is 0 Å². The van der Waals surface area contributed by atoms with Gasteiger partial charge in [-0.3, -0.25) is 4.79 Å². The van der Waals surface area contributed by atoms with Gasteiger partial charge >= 0.3 is 0 Å². The summed E-state index contributed by atoms with van der Waals surface area (Å²) in [5.74, 6) is 0.934. The lowest BCUT2D eigenvalue weighted by Gasteiger charge is -2.36. The molecule has 0 aliphatic carbocycles. The van der Waals surface area contributed by atoms with Gasteiger partial charge in [0.05, 0.1) is 18.4 Å². The molecule has 6 nitrogen and oxygen atoms in total. The van der Waals surface area contributed by atoms with Crippen molar-refractivity contribution in [1.82, 2.24) is 14.9 Å². The third kappa shape index (κ3) is 4.10. The van der Waals surface area contributed by atoms with Gasteiger partial charge in [0.15, 0.2) is 5.82 Å². The Bertz CT molecular complexity index is 1030. The zero-order valence-corrected chi connectivity index (χ0v) is 17.0. The number of carbonyl (C=O) groups is 1. The molecule has 0 unspecified atom stereocenters. The summed E-state index contributed by atoms with van der Waals surface area (Å²) in [4.78, 5) is 25.9. The van der Waals surface area contributed by atoms with E-state index in [0.717, 1.165) is 24.5 Å². The standard InChI is InChI=1S/C23H23FN4O2/c1-16-21(15-25-22(26-16)17-3-5-18(24)6-4-17)23(29)28-13-11-27(12-14-28)19-7-9-20(30-2)10-8-19/h3-10,15H,11-14H2,1-2H3. The number of amides is 1. The highest BCUT2D eigenvalue weighted by atomic mass is 19.1. The number of rotatable bonds is 4. The Morgan fingerprint density at radius 1 is 1.00 bits per heavy atom. The zero-order chi connectivity index (χ0) is 21.1. The molecule has 1 fully saturated rings. The van der Waals surface area contributed by atoms with Gasteiger partial charge < -0.3 is 14.5 Å². The topological polar surface area (TPSA) is 58.6 Å². The Morgan fingerprint density at radius 2 is 1.67 bits per heavy atom. The summed E-state index contributed by atoms with van der Waals surface area (Å²) < 4.78 is 18.3. The minimum absolute atomic E-state index is 0.0625. The minimum atomic E-state index is -0.309. The average molecular weight is 406 g/mol. The molecule has 0 N–H and O–H groups in total. The second kappa shape index (κ2) is 8.49. The lowest BCUT2D eigenvalue weighted by molar-refractivity contribution is 0.0745. The molecule has 3 aromatic rings. The Kier molecular flexibility index (Phi) is 5.61. The molecule has 1 aliphatic rings. The fourth-order valence-electron chi connectivity index (χ4n) is 3.55. The average Bonchev–Trinajstić information content (AvgIpc) is 2.79. The van der Waals surface area contributed by atoms with Crippen molar-refractivity contribution in [3.8, 4) is 17.1 Å². The van der Waals surface area contributed by atoms with E-state index < -0.39 is 0 Å². The summed E-state index contributed by atoms with van der Waals surface area (Å²) in [7, 11) is 1.65. The second-order valence-corrected chi connectivity index (χ2v) is 7.18. The Hall–Kier alpha value is -3.48. The summed E-state index contributed by atoms with van der Waals surface area (Å²) in [6, 6.07) is 13.9. The lowest BCUT2D eigenvalue weighted by Crippen LogP contribution is -2.49. The van der Waals surface area contributed by atoms with Crippen LogP contribution in [0.25, 0.3) is 11.4 Å².